The molecule has 1 aromatic carbocycles. The van der Waals surface area contributed by atoms with Crippen molar-refractivity contribution in [3.05, 3.63) is 71.6 Å². The predicted octanol–water partition coefficient (Wildman–Crippen LogP) is 3.42. The van der Waals surface area contributed by atoms with Crippen molar-refractivity contribution in [1.82, 2.24) is 20.2 Å². The third-order valence-electron chi connectivity index (χ3n) is 5.80. The highest BCUT2D eigenvalue weighted by Gasteiger charge is 2.42. The van der Waals surface area contributed by atoms with E-state index in [1.54, 1.807) is 29.5 Å². The Balaban J connectivity index is 1.48. The molecule has 4 rings (SSSR count). The van der Waals surface area contributed by atoms with Crippen molar-refractivity contribution in [1.29, 1.82) is 0 Å². The number of hydrogen-bond acceptors (Lipinski definition) is 5. The van der Waals surface area contributed by atoms with Gasteiger partial charge < -0.3 is 10.2 Å². The highest BCUT2D eigenvalue weighted by molar-refractivity contribution is 7.13. The molecule has 0 unspecified atom stereocenters. The van der Waals surface area contributed by atoms with Gasteiger partial charge in [-0.05, 0) is 41.8 Å². The van der Waals surface area contributed by atoms with Gasteiger partial charge in [0.25, 0.3) is 5.91 Å². The van der Waals surface area contributed by atoms with E-state index in [2.05, 4.69) is 51.0 Å². The Morgan fingerprint density at radius 3 is 2.50 bits per heavy atom. The molecule has 0 radical (unpaired) electrons. The minimum atomic E-state index is -0.516. The monoisotopic (exact) mass is 420 g/mol. The van der Waals surface area contributed by atoms with E-state index in [1.807, 2.05) is 6.07 Å². The number of thiophene rings is 1. The van der Waals surface area contributed by atoms with Gasteiger partial charge in [-0.15, -0.1) is 11.3 Å². The Kier molecular flexibility index (Phi) is 5.90. The van der Waals surface area contributed by atoms with Gasteiger partial charge in [-0.1, -0.05) is 30.3 Å². The third kappa shape index (κ3) is 4.11. The van der Waals surface area contributed by atoms with Gasteiger partial charge in [0.2, 0.25) is 5.91 Å². The van der Waals surface area contributed by atoms with Gasteiger partial charge in [0.1, 0.15) is 5.69 Å². The Labute approximate surface area is 180 Å². The number of likely N-dealkylation sites (tertiary alicyclic amines) is 1. The maximum absolute atomic E-state index is 12.9. The maximum Gasteiger partial charge on any atom is 0.274 e. The van der Waals surface area contributed by atoms with Crippen LogP contribution in [0.3, 0.4) is 0 Å². The van der Waals surface area contributed by atoms with Crippen molar-refractivity contribution in [3.63, 3.8) is 0 Å². The number of carbonyl (C=O) groups is 2. The van der Waals surface area contributed by atoms with Gasteiger partial charge in [0, 0.05) is 37.4 Å². The average Bonchev–Trinajstić information content (AvgIpc) is 3.34. The number of amides is 2. The predicted molar refractivity (Wildman–Crippen MR) is 117 cm³/mol. The zero-order chi connectivity index (χ0) is 21.0. The number of nitrogens with zero attached hydrogens (tertiary/aromatic N) is 3. The molecule has 0 spiro atoms. The first-order chi connectivity index (χ1) is 14.6. The van der Waals surface area contributed by atoms with Crippen LogP contribution >= 0.6 is 11.3 Å². The van der Waals surface area contributed by atoms with E-state index in [0.717, 1.165) is 5.56 Å². The van der Waals surface area contributed by atoms with Crippen LogP contribution in [0.2, 0.25) is 0 Å². The Bertz CT molecular complexity index is 995. The van der Waals surface area contributed by atoms with Crippen molar-refractivity contribution < 1.29 is 9.59 Å². The van der Waals surface area contributed by atoms with Crippen LogP contribution in [0.25, 0.3) is 10.4 Å². The van der Waals surface area contributed by atoms with Crippen molar-refractivity contribution in [2.24, 2.45) is 5.41 Å². The molecule has 1 N–H and O–H groups in total. The van der Waals surface area contributed by atoms with E-state index in [0.29, 0.717) is 38.0 Å². The molecule has 0 aliphatic carbocycles. The first kappa shape index (κ1) is 20.2. The lowest BCUT2D eigenvalue weighted by atomic mass is 9.73. The summed E-state index contributed by atoms with van der Waals surface area (Å²) in [5, 5.41) is 4.91. The van der Waals surface area contributed by atoms with E-state index in [1.165, 1.54) is 22.8 Å². The fraction of sp³-hybridized carbons (Fsp3) is 0.304. The second kappa shape index (κ2) is 8.75. The quantitative estimate of drug-likeness (QED) is 0.686. The highest BCUT2D eigenvalue weighted by atomic mass is 32.1. The molecule has 7 heteroatoms. The van der Waals surface area contributed by atoms with E-state index >= 15 is 0 Å². The topological polar surface area (TPSA) is 75.2 Å². The molecule has 3 aromatic rings. The van der Waals surface area contributed by atoms with Crippen LogP contribution < -0.4 is 5.32 Å². The summed E-state index contributed by atoms with van der Waals surface area (Å²) in [6, 6.07) is 12.6. The maximum atomic E-state index is 12.9. The van der Waals surface area contributed by atoms with Crippen molar-refractivity contribution >= 4 is 23.2 Å². The first-order valence-electron chi connectivity index (χ1n) is 10.0. The zero-order valence-electron chi connectivity index (χ0n) is 16.9. The summed E-state index contributed by atoms with van der Waals surface area (Å²) in [7, 11) is 1.68. The van der Waals surface area contributed by atoms with Gasteiger partial charge in [-0.25, -0.2) is 4.98 Å². The Morgan fingerprint density at radius 1 is 1.13 bits per heavy atom. The molecule has 2 amide bonds. The number of rotatable bonds is 5. The second-order valence-corrected chi connectivity index (χ2v) is 8.54. The molecule has 3 heterocycles. The lowest BCUT2D eigenvalue weighted by Crippen LogP contribution is -2.50. The van der Waals surface area contributed by atoms with Gasteiger partial charge in [-0.2, -0.15) is 0 Å². The molecule has 0 atom stereocenters. The van der Waals surface area contributed by atoms with Crippen LogP contribution in [0.5, 0.6) is 0 Å². The summed E-state index contributed by atoms with van der Waals surface area (Å²) in [5.74, 6) is -0.0923. The van der Waals surface area contributed by atoms with E-state index in [9.17, 15) is 9.59 Å². The average molecular weight is 421 g/mol. The molecule has 1 aliphatic rings. The Morgan fingerprint density at radius 2 is 1.90 bits per heavy atom. The van der Waals surface area contributed by atoms with E-state index in [4.69, 9.17) is 0 Å². The molecule has 1 aliphatic heterocycles. The number of piperidine rings is 1. The van der Waals surface area contributed by atoms with Crippen molar-refractivity contribution in [2.45, 2.75) is 19.3 Å². The molecular formula is C23H24N4O2S. The number of nitrogens with one attached hydrogen (secondary N) is 1. The van der Waals surface area contributed by atoms with Crippen LogP contribution in [0.15, 0.2) is 60.4 Å². The lowest BCUT2D eigenvalue weighted by molar-refractivity contribution is -0.133. The summed E-state index contributed by atoms with van der Waals surface area (Å²) < 4.78 is 0. The van der Waals surface area contributed by atoms with Gasteiger partial charge in [0.05, 0.1) is 11.6 Å². The first-order valence-corrected chi connectivity index (χ1v) is 10.9. The molecule has 6 nitrogen and oxygen atoms in total. The number of benzene rings is 1. The Hall–Kier alpha value is -3.06. The molecule has 0 saturated carbocycles. The van der Waals surface area contributed by atoms with Gasteiger partial charge >= 0.3 is 0 Å². The smallest absolute Gasteiger partial charge is 0.274 e. The van der Waals surface area contributed by atoms with Gasteiger partial charge in [-0.3, -0.25) is 14.6 Å². The molecule has 2 aromatic heterocycles. The van der Waals surface area contributed by atoms with Gasteiger partial charge in [0.15, 0.2) is 0 Å². The number of hydrogen-bond donors (Lipinski definition) is 1. The lowest BCUT2D eigenvalue weighted by Gasteiger charge is -2.40. The molecular weight excluding hydrogens is 396 g/mol. The van der Waals surface area contributed by atoms with Crippen LogP contribution in [0.4, 0.5) is 0 Å². The summed E-state index contributed by atoms with van der Waals surface area (Å²) >= 11 is 1.72. The van der Waals surface area contributed by atoms with E-state index < -0.39 is 5.41 Å². The third-order valence-corrected chi connectivity index (χ3v) is 6.72. The SMILES string of the molecule is CNC(=O)C1(Cc2ccc(-c3cccs3)cc2)CCN(C(=O)c2cnccn2)CC1. The summed E-state index contributed by atoms with van der Waals surface area (Å²) in [6.45, 7) is 1.05. The summed E-state index contributed by atoms with van der Waals surface area (Å²) in [4.78, 5) is 36.6. The molecule has 30 heavy (non-hydrogen) atoms. The van der Waals surface area contributed by atoms with Crippen molar-refractivity contribution in [2.75, 3.05) is 20.1 Å². The van der Waals surface area contributed by atoms with Crippen LogP contribution in [0.1, 0.15) is 28.9 Å². The number of aromatic nitrogens is 2. The number of carbonyl (C=O) groups excluding carboxylic acids is 2. The van der Waals surface area contributed by atoms with E-state index in [-0.39, 0.29) is 11.8 Å². The second-order valence-electron chi connectivity index (χ2n) is 7.59. The van der Waals surface area contributed by atoms with Crippen LogP contribution in [0, 0.1) is 5.41 Å². The van der Waals surface area contributed by atoms with Crippen molar-refractivity contribution in [3.8, 4) is 10.4 Å². The molecule has 0 bridgehead atoms. The van der Waals surface area contributed by atoms with Crippen LogP contribution in [-0.4, -0.2) is 46.8 Å². The minimum absolute atomic E-state index is 0.0384. The molecule has 154 valence electrons. The zero-order valence-corrected chi connectivity index (χ0v) is 17.7. The fourth-order valence-electron chi connectivity index (χ4n) is 4.08. The standard InChI is InChI=1S/C23H24N4O2S/c1-24-22(29)23(15-17-4-6-18(7-5-17)20-3-2-14-30-20)8-12-27(13-9-23)21(28)19-16-25-10-11-26-19/h2-7,10-11,14,16H,8-9,12-13,15H2,1H3,(H,24,29). The minimum Gasteiger partial charge on any atom is -0.359 e. The highest BCUT2D eigenvalue weighted by Crippen LogP contribution is 2.36. The summed E-state index contributed by atoms with van der Waals surface area (Å²) in [6.07, 6.45) is 6.44. The normalized spacial score (nSPS) is 15.6. The van der Waals surface area contributed by atoms with Crippen LogP contribution in [-0.2, 0) is 11.2 Å². The fourth-order valence-corrected chi connectivity index (χ4v) is 4.81. The molecule has 1 fully saturated rings. The molecule has 1 saturated heterocycles. The largest absolute Gasteiger partial charge is 0.359 e. The summed E-state index contributed by atoms with van der Waals surface area (Å²) in [5.41, 5.74) is 2.15.